The van der Waals surface area contributed by atoms with Crippen LogP contribution in [0.5, 0.6) is 0 Å². The number of rotatable bonds is 9. The molecule has 0 unspecified atom stereocenters. The first-order valence-corrected chi connectivity index (χ1v) is 12.8. The number of halogens is 4. The second kappa shape index (κ2) is 11.0. The van der Waals surface area contributed by atoms with Gasteiger partial charge in [-0.15, -0.1) is 0 Å². The van der Waals surface area contributed by atoms with Crippen molar-refractivity contribution < 1.29 is 13.2 Å². The number of amides is 1. The van der Waals surface area contributed by atoms with E-state index < -0.39 is 15.9 Å². The Morgan fingerprint density at radius 1 is 1.07 bits per heavy atom. The van der Waals surface area contributed by atoms with Crippen molar-refractivity contribution in [2.75, 3.05) is 29.4 Å². The summed E-state index contributed by atoms with van der Waals surface area (Å²) < 4.78 is 25.2. The lowest BCUT2D eigenvalue weighted by Gasteiger charge is -2.23. The Morgan fingerprint density at radius 3 is 2.31 bits per heavy atom. The Hall–Kier alpha value is -0.830. The maximum atomic E-state index is 12.3. The largest absolute Gasteiger partial charge is 0.354 e. The summed E-state index contributed by atoms with van der Waals surface area (Å²) in [7, 11) is -3.72. The Bertz CT molecular complexity index is 967. The van der Waals surface area contributed by atoms with Crippen LogP contribution in [0.4, 0.5) is 5.69 Å². The van der Waals surface area contributed by atoms with E-state index in [1.165, 1.54) is 18.2 Å². The number of nitrogens with zero attached hydrogens (tertiary/aromatic N) is 1. The summed E-state index contributed by atoms with van der Waals surface area (Å²) in [5, 5.41) is 4.40. The molecule has 0 heterocycles. The quantitative estimate of drug-likeness (QED) is 0.471. The number of sulfonamides is 1. The zero-order valence-electron chi connectivity index (χ0n) is 15.3. The third-order valence-electron chi connectivity index (χ3n) is 3.74. The summed E-state index contributed by atoms with van der Waals surface area (Å²) in [6, 6.07) is 9.71. The van der Waals surface area contributed by atoms with E-state index in [2.05, 4.69) is 5.32 Å². The fourth-order valence-electron chi connectivity index (χ4n) is 2.36. The third-order valence-corrected chi connectivity index (χ3v) is 7.10. The zero-order valence-corrected chi connectivity index (χ0v) is 19.9. The van der Waals surface area contributed by atoms with Crippen LogP contribution in [-0.2, 0) is 20.6 Å². The summed E-state index contributed by atoms with van der Waals surface area (Å²) in [5.74, 6) is 0.760. The molecule has 2 aromatic rings. The highest BCUT2D eigenvalue weighted by Crippen LogP contribution is 2.30. The number of thioether (sulfide) groups is 1. The highest BCUT2D eigenvalue weighted by atomic mass is 35.5. The molecule has 0 aromatic heterocycles. The Balaban J connectivity index is 1.89. The van der Waals surface area contributed by atoms with E-state index in [1.807, 2.05) is 0 Å². The van der Waals surface area contributed by atoms with Crippen molar-refractivity contribution in [1.29, 1.82) is 0 Å². The maximum absolute atomic E-state index is 12.3. The van der Waals surface area contributed by atoms with Gasteiger partial charge in [0.2, 0.25) is 15.9 Å². The van der Waals surface area contributed by atoms with Gasteiger partial charge in [0.15, 0.2) is 0 Å². The highest BCUT2D eigenvalue weighted by Gasteiger charge is 2.23. The molecule has 0 saturated carbocycles. The minimum Gasteiger partial charge on any atom is -0.354 e. The van der Waals surface area contributed by atoms with E-state index in [1.54, 1.807) is 30.0 Å². The van der Waals surface area contributed by atoms with Crippen molar-refractivity contribution in [2.24, 2.45) is 0 Å². The fraction of sp³-hybridized carbons (Fsp3) is 0.278. The topological polar surface area (TPSA) is 66.5 Å². The third kappa shape index (κ3) is 7.42. The van der Waals surface area contributed by atoms with Crippen LogP contribution in [0.15, 0.2) is 36.4 Å². The van der Waals surface area contributed by atoms with E-state index in [0.29, 0.717) is 33.1 Å². The molecule has 0 saturated heterocycles. The maximum Gasteiger partial charge on any atom is 0.240 e. The molecular formula is C18H18Cl4N2O3S2. The molecule has 0 bridgehead atoms. The molecule has 5 nitrogen and oxygen atoms in total. The number of benzene rings is 2. The Labute approximate surface area is 194 Å². The van der Waals surface area contributed by atoms with Crippen molar-refractivity contribution in [2.45, 2.75) is 5.75 Å². The van der Waals surface area contributed by atoms with Gasteiger partial charge in [-0.2, -0.15) is 11.8 Å². The number of carbonyl (C=O) groups excluding carboxylic acids is 1. The van der Waals surface area contributed by atoms with Gasteiger partial charge >= 0.3 is 0 Å². The first kappa shape index (κ1) is 24.4. The molecule has 1 N–H and O–H groups in total. The van der Waals surface area contributed by atoms with Gasteiger partial charge in [-0.05, 0) is 35.9 Å². The van der Waals surface area contributed by atoms with E-state index >= 15 is 0 Å². The highest BCUT2D eigenvalue weighted by molar-refractivity contribution is 7.98. The first-order chi connectivity index (χ1) is 13.6. The molecule has 2 aromatic carbocycles. The minimum atomic E-state index is -3.72. The second-order valence-corrected chi connectivity index (χ2v) is 10.6. The summed E-state index contributed by atoms with van der Waals surface area (Å²) in [6.07, 6.45) is 1.01. The van der Waals surface area contributed by atoms with Crippen LogP contribution in [0.2, 0.25) is 20.1 Å². The van der Waals surface area contributed by atoms with Gasteiger partial charge in [0.05, 0.1) is 17.0 Å². The molecule has 2 rings (SSSR count). The molecule has 1 amide bonds. The van der Waals surface area contributed by atoms with Crippen LogP contribution in [0, 0.1) is 0 Å². The van der Waals surface area contributed by atoms with E-state index in [4.69, 9.17) is 46.4 Å². The molecule has 0 spiro atoms. The van der Waals surface area contributed by atoms with Gasteiger partial charge < -0.3 is 5.32 Å². The predicted molar refractivity (Wildman–Crippen MR) is 124 cm³/mol. The minimum absolute atomic E-state index is 0.142. The van der Waals surface area contributed by atoms with Gasteiger partial charge in [-0.3, -0.25) is 9.10 Å². The average Bonchev–Trinajstić information content (AvgIpc) is 2.61. The normalized spacial score (nSPS) is 11.3. The number of anilines is 1. The lowest BCUT2D eigenvalue weighted by molar-refractivity contribution is -0.119. The molecule has 0 aliphatic carbocycles. The zero-order chi connectivity index (χ0) is 21.6. The van der Waals surface area contributed by atoms with Gasteiger partial charge in [0, 0.05) is 33.1 Å². The number of carbonyl (C=O) groups is 1. The predicted octanol–water partition coefficient (Wildman–Crippen LogP) is 5.12. The molecule has 11 heteroatoms. The van der Waals surface area contributed by atoms with Crippen molar-refractivity contribution in [3.05, 3.63) is 62.1 Å². The van der Waals surface area contributed by atoms with Crippen molar-refractivity contribution in [3.8, 4) is 0 Å². The van der Waals surface area contributed by atoms with Gasteiger partial charge in [0.25, 0.3) is 0 Å². The van der Waals surface area contributed by atoms with Crippen LogP contribution in [0.1, 0.15) is 5.56 Å². The average molecular weight is 516 g/mol. The Kier molecular flexibility index (Phi) is 9.25. The van der Waals surface area contributed by atoms with Gasteiger partial charge in [0.1, 0.15) is 6.54 Å². The van der Waals surface area contributed by atoms with Gasteiger partial charge in [-0.25, -0.2) is 8.42 Å². The van der Waals surface area contributed by atoms with Crippen LogP contribution >= 0.6 is 58.2 Å². The summed E-state index contributed by atoms with van der Waals surface area (Å²) in [4.78, 5) is 12.3. The van der Waals surface area contributed by atoms with E-state index in [-0.39, 0.29) is 17.3 Å². The standard InChI is InChI=1S/C18H18Cl4N2O3S2/c1-29(26,27)24(17-6-5-12(19)9-16(17)22)10-18(25)23-7-8-28-11-13-14(20)3-2-4-15(13)21/h2-6,9H,7-8,10-11H2,1H3,(H,23,25). The number of hydrogen-bond acceptors (Lipinski definition) is 4. The lowest BCUT2D eigenvalue weighted by atomic mass is 10.2. The molecule has 0 radical (unpaired) electrons. The van der Waals surface area contributed by atoms with E-state index in [0.717, 1.165) is 16.1 Å². The molecule has 0 atom stereocenters. The summed E-state index contributed by atoms with van der Waals surface area (Å²) in [6.45, 7) is -0.0291. The van der Waals surface area contributed by atoms with Crippen LogP contribution in [0.25, 0.3) is 0 Å². The summed E-state index contributed by atoms with van der Waals surface area (Å²) in [5.41, 5.74) is 1.03. The molecule has 158 valence electrons. The molecule has 0 aliphatic heterocycles. The molecule has 0 aliphatic rings. The monoisotopic (exact) mass is 514 g/mol. The van der Waals surface area contributed by atoms with Gasteiger partial charge in [-0.1, -0.05) is 52.5 Å². The number of hydrogen-bond donors (Lipinski definition) is 1. The summed E-state index contributed by atoms with van der Waals surface area (Å²) >= 11 is 25.7. The lowest BCUT2D eigenvalue weighted by Crippen LogP contribution is -2.41. The van der Waals surface area contributed by atoms with Crippen LogP contribution in [-0.4, -0.2) is 39.4 Å². The number of nitrogens with one attached hydrogen (secondary N) is 1. The van der Waals surface area contributed by atoms with Crippen molar-refractivity contribution in [1.82, 2.24) is 5.32 Å². The SMILES string of the molecule is CS(=O)(=O)N(CC(=O)NCCSCc1c(Cl)cccc1Cl)c1ccc(Cl)cc1Cl. The van der Waals surface area contributed by atoms with Crippen LogP contribution < -0.4 is 9.62 Å². The van der Waals surface area contributed by atoms with Crippen LogP contribution in [0.3, 0.4) is 0 Å². The molecule has 0 fully saturated rings. The second-order valence-electron chi connectivity index (χ2n) is 5.97. The van der Waals surface area contributed by atoms with E-state index in [9.17, 15) is 13.2 Å². The fourth-order valence-corrected chi connectivity index (χ4v) is 5.38. The molecular weight excluding hydrogens is 498 g/mol. The van der Waals surface area contributed by atoms with Crippen molar-refractivity contribution >= 4 is 79.8 Å². The Morgan fingerprint density at radius 2 is 1.72 bits per heavy atom. The molecule has 29 heavy (non-hydrogen) atoms. The smallest absolute Gasteiger partial charge is 0.240 e. The van der Waals surface area contributed by atoms with Crippen molar-refractivity contribution in [3.63, 3.8) is 0 Å². The first-order valence-electron chi connectivity index (χ1n) is 8.29.